The van der Waals surface area contributed by atoms with Crippen molar-refractivity contribution in [3.63, 3.8) is 0 Å². The Bertz CT molecular complexity index is 403. The van der Waals surface area contributed by atoms with E-state index in [1.807, 2.05) is 20.0 Å². The van der Waals surface area contributed by atoms with Crippen LogP contribution >= 0.6 is 0 Å². The zero-order chi connectivity index (χ0) is 9.97. The van der Waals surface area contributed by atoms with Gasteiger partial charge in [0.15, 0.2) is 5.82 Å². The molecule has 0 bridgehead atoms. The molecule has 72 valence electrons. The van der Waals surface area contributed by atoms with Crippen molar-refractivity contribution in [2.24, 2.45) is 0 Å². The first kappa shape index (κ1) is 9.13. The van der Waals surface area contributed by atoms with E-state index in [0.717, 1.165) is 35.5 Å². The normalized spacial score (nSPS) is 15.4. The average Bonchev–Trinajstić information content (AvgIpc) is 2.23. The Hall–Kier alpha value is -1.44. The molecule has 0 aliphatic heterocycles. The SMILES string of the molecule is Cc1cnc(C2=CCCC=C2)nc1C. The maximum absolute atomic E-state index is 4.47. The average molecular weight is 186 g/mol. The Kier molecular flexibility index (Phi) is 2.44. The fourth-order valence-corrected chi connectivity index (χ4v) is 1.45. The van der Waals surface area contributed by atoms with Gasteiger partial charge in [-0.25, -0.2) is 9.97 Å². The fourth-order valence-electron chi connectivity index (χ4n) is 1.45. The topological polar surface area (TPSA) is 25.8 Å². The lowest BCUT2D eigenvalue weighted by Gasteiger charge is -2.06. The van der Waals surface area contributed by atoms with Crippen molar-refractivity contribution in [1.82, 2.24) is 9.97 Å². The highest BCUT2D eigenvalue weighted by molar-refractivity contribution is 5.70. The predicted molar refractivity (Wildman–Crippen MR) is 57.9 cm³/mol. The minimum absolute atomic E-state index is 0.851. The van der Waals surface area contributed by atoms with Gasteiger partial charge < -0.3 is 0 Å². The van der Waals surface area contributed by atoms with Crippen LogP contribution in [0, 0.1) is 13.8 Å². The summed E-state index contributed by atoms with van der Waals surface area (Å²) >= 11 is 0. The van der Waals surface area contributed by atoms with Gasteiger partial charge in [0.2, 0.25) is 0 Å². The van der Waals surface area contributed by atoms with Crippen LogP contribution in [0.2, 0.25) is 0 Å². The predicted octanol–water partition coefficient (Wildman–Crippen LogP) is 2.83. The summed E-state index contributed by atoms with van der Waals surface area (Å²) in [4.78, 5) is 8.80. The lowest BCUT2D eigenvalue weighted by molar-refractivity contribution is 1.00. The van der Waals surface area contributed by atoms with Crippen LogP contribution in [-0.2, 0) is 0 Å². The molecule has 0 aromatic carbocycles. The van der Waals surface area contributed by atoms with E-state index >= 15 is 0 Å². The van der Waals surface area contributed by atoms with E-state index in [9.17, 15) is 0 Å². The Morgan fingerprint density at radius 2 is 2.07 bits per heavy atom. The third-order valence-electron chi connectivity index (χ3n) is 2.48. The summed E-state index contributed by atoms with van der Waals surface area (Å²) in [7, 11) is 0. The number of nitrogens with zero attached hydrogens (tertiary/aromatic N) is 2. The third-order valence-corrected chi connectivity index (χ3v) is 2.48. The summed E-state index contributed by atoms with van der Waals surface area (Å²) in [5.74, 6) is 0.851. The van der Waals surface area contributed by atoms with Crippen molar-refractivity contribution in [3.05, 3.63) is 41.5 Å². The van der Waals surface area contributed by atoms with Crippen LogP contribution in [0.15, 0.2) is 24.4 Å². The largest absolute Gasteiger partial charge is 0.236 e. The first-order valence-corrected chi connectivity index (χ1v) is 4.94. The van der Waals surface area contributed by atoms with E-state index in [1.165, 1.54) is 0 Å². The number of aryl methyl sites for hydroxylation is 2. The molecular weight excluding hydrogens is 172 g/mol. The standard InChI is InChI=1S/C12H14N2/c1-9-8-13-12(14-10(9)2)11-6-4-3-5-7-11/h4,6-8H,3,5H2,1-2H3. The van der Waals surface area contributed by atoms with Crippen molar-refractivity contribution in [2.45, 2.75) is 26.7 Å². The van der Waals surface area contributed by atoms with Crippen molar-refractivity contribution >= 4 is 5.57 Å². The first-order valence-electron chi connectivity index (χ1n) is 4.94. The van der Waals surface area contributed by atoms with Crippen LogP contribution in [0.1, 0.15) is 29.9 Å². The van der Waals surface area contributed by atoms with Gasteiger partial charge in [-0.05, 0) is 32.3 Å². The molecule has 0 saturated carbocycles. The molecule has 1 aliphatic carbocycles. The summed E-state index contributed by atoms with van der Waals surface area (Å²) < 4.78 is 0. The molecule has 1 aromatic rings. The summed E-state index contributed by atoms with van der Waals surface area (Å²) in [6, 6.07) is 0. The summed E-state index contributed by atoms with van der Waals surface area (Å²) in [5, 5.41) is 0. The highest BCUT2D eigenvalue weighted by Crippen LogP contribution is 2.18. The minimum Gasteiger partial charge on any atom is -0.236 e. The highest BCUT2D eigenvalue weighted by Gasteiger charge is 2.05. The molecule has 0 atom stereocenters. The van der Waals surface area contributed by atoms with Gasteiger partial charge in [0, 0.05) is 17.5 Å². The fraction of sp³-hybridized carbons (Fsp3) is 0.333. The monoisotopic (exact) mass is 186 g/mol. The lowest BCUT2D eigenvalue weighted by atomic mass is 10.1. The van der Waals surface area contributed by atoms with Crippen LogP contribution in [-0.4, -0.2) is 9.97 Å². The van der Waals surface area contributed by atoms with Gasteiger partial charge in [0.05, 0.1) is 0 Å². The molecule has 0 N–H and O–H groups in total. The number of hydrogen-bond donors (Lipinski definition) is 0. The molecule has 1 aliphatic rings. The van der Waals surface area contributed by atoms with E-state index < -0.39 is 0 Å². The van der Waals surface area contributed by atoms with Crippen LogP contribution in [0.3, 0.4) is 0 Å². The Balaban J connectivity index is 2.37. The summed E-state index contributed by atoms with van der Waals surface area (Å²) in [6.07, 6.45) is 10.6. The maximum atomic E-state index is 4.47. The van der Waals surface area contributed by atoms with Gasteiger partial charge in [-0.3, -0.25) is 0 Å². The van der Waals surface area contributed by atoms with Crippen molar-refractivity contribution in [1.29, 1.82) is 0 Å². The van der Waals surface area contributed by atoms with Gasteiger partial charge >= 0.3 is 0 Å². The zero-order valence-corrected chi connectivity index (χ0v) is 8.62. The quantitative estimate of drug-likeness (QED) is 0.674. The van der Waals surface area contributed by atoms with Crippen molar-refractivity contribution < 1.29 is 0 Å². The molecule has 2 heteroatoms. The molecule has 0 radical (unpaired) electrons. The number of aromatic nitrogens is 2. The van der Waals surface area contributed by atoms with Crippen molar-refractivity contribution in [2.75, 3.05) is 0 Å². The first-order chi connectivity index (χ1) is 6.77. The second kappa shape index (κ2) is 3.74. The van der Waals surface area contributed by atoms with Gasteiger partial charge in [-0.2, -0.15) is 0 Å². The van der Waals surface area contributed by atoms with E-state index in [2.05, 4.69) is 28.2 Å². The second-order valence-electron chi connectivity index (χ2n) is 3.60. The molecule has 2 rings (SSSR count). The molecule has 1 heterocycles. The zero-order valence-electron chi connectivity index (χ0n) is 8.62. The smallest absolute Gasteiger partial charge is 0.159 e. The molecule has 0 spiro atoms. The van der Waals surface area contributed by atoms with Crippen molar-refractivity contribution in [3.8, 4) is 0 Å². The van der Waals surface area contributed by atoms with E-state index in [1.54, 1.807) is 0 Å². The molecule has 0 saturated heterocycles. The second-order valence-corrected chi connectivity index (χ2v) is 3.60. The van der Waals surface area contributed by atoms with Gasteiger partial charge in [-0.15, -0.1) is 0 Å². The van der Waals surface area contributed by atoms with E-state index in [-0.39, 0.29) is 0 Å². The summed E-state index contributed by atoms with van der Waals surface area (Å²) in [5.41, 5.74) is 3.36. The van der Waals surface area contributed by atoms with E-state index in [0.29, 0.717) is 0 Å². The van der Waals surface area contributed by atoms with Crippen LogP contribution in [0.4, 0.5) is 0 Å². The molecule has 0 unspecified atom stereocenters. The van der Waals surface area contributed by atoms with Crippen LogP contribution in [0.25, 0.3) is 5.57 Å². The molecule has 1 aromatic heterocycles. The Labute approximate surface area is 84.4 Å². The maximum Gasteiger partial charge on any atom is 0.159 e. The number of hydrogen-bond acceptors (Lipinski definition) is 2. The molecular formula is C12H14N2. The molecule has 14 heavy (non-hydrogen) atoms. The molecule has 0 amide bonds. The molecule has 0 fully saturated rings. The molecule has 2 nitrogen and oxygen atoms in total. The highest BCUT2D eigenvalue weighted by atomic mass is 14.9. The van der Waals surface area contributed by atoms with Crippen LogP contribution < -0.4 is 0 Å². The third kappa shape index (κ3) is 1.74. The number of rotatable bonds is 1. The summed E-state index contributed by atoms with van der Waals surface area (Å²) in [6.45, 7) is 4.05. The van der Waals surface area contributed by atoms with E-state index in [4.69, 9.17) is 0 Å². The Morgan fingerprint density at radius 3 is 2.71 bits per heavy atom. The lowest BCUT2D eigenvalue weighted by Crippen LogP contribution is -1.98. The van der Waals surface area contributed by atoms with Gasteiger partial charge in [-0.1, -0.05) is 18.2 Å². The van der Waals surface area contributed by atoms with Gasteiger partial charge in [0.25, 0.3) is 0 Å². The van der Waals surface area contributed by atoms with Crippen LogP contribution in [0.5, 0.6) is 0 Å². The van der Waals surface area contributed by atoms with Gasteiger partial charge in [0.1, 0.15) is 0 Å². The number of allylic oxidation sites excluding steroid dienone is 4. The minimum atomic E-state index is 0.851. The Morgan fingerprint density at radius 1 is 1.21 bits per heavy atom.